The normalized spacial score (nSPS) is 14.2. The lowest BCUT2D eigenvalue weighted by Gasteiger charge is -2.28. The molecule has 0 fully saturated rings. The molecule has 0 aliphatic heterocycles. The quantitative estimate of drug-likeness (QED) is 0.423. The summed E-state index contributed by atoms with van der Waals surface area (Å²) in [6.45, 7) is 11.8. The third-order valence-corrected chi connectivity index (χ3v) is 3.84. The van der Waals surface area contributed by atoms with Crippen LogP contribution in [0.15, 0.2) is 0 Å². The molecule has 0 saturated heterocycles. The van der Waals surface area contributed by atoms with E-state index in [-0.39, 0.29) is 0 Å². The van der Waals surface area contributed by atoms with Crippen LogP contribution in [0.1, 0.15) is 86.0 Å². The molecule has 15 heavy (non-hydrogen) atoms. The van der Waals surface area contributed by atoms with Crippen LogP contribution in [-0.4, -0.2) is 0 Å². The zero-order valence-corrected chi connectivity index (χ0v) is 11.7. The summed E-state index contributed by atoms with van der Waals surface area (Å²) in [7, 11) is 0. The van der Waals surface area contributed by atoms with Crippen LogP contribution in [0.5, 0.6) is 0 Å². The highest BCUT2D eigenvalue weighted by molar-refractivity contribution is 4.71. The summed E-state index contributed by atoms with van der Waals surface area (Å²) in [5.74, 6) is 0.969. The lowest BCUT2D eigenvalue weighted by atomic mass is 9.78. The van der Waals surface area contributed by atoms with Crippen molar-refractivity contribution in [1.82, 2.24) is 0 Å². The Morgan fingerprint density at radius 2 is 1.60 bits per heavy atom. The Labute approximate surface area is 97.8 Å². The van der Waals surface area contributed by atoms with Gasteiger partial charge in [-0.1, -0.05) is 79.6 Å². The molecule has 0 heteroatoms. The molecule has 0 rings (SSSR count). The minimum absolute atomic E-state index is 0.561. The van der Waals surface area contributed by atoms with Crippen LogP contribution in [0, 0.1) is 11.3 Å². The second kappa shape index (κ2) is 8.19. The molecule has 1 unspecified atom stereocenters. The predicted octanol–water partition coefficient (Wildman–Crippen LogP) is 5.81. The van der Waals surface area contributed by atoms with Gasteiger partial charge in [0.15, 0.2) is 0 Å². The van der Waals surface area contributed by atoms with Crippen LogP contribution in [0.25, 0.3) is 0 Å². The van der Waals surface area contributed by atoms with E-state index in [1.54, 1.807) is 0 Å². The molecule has 0 radical (unpaired) electrons. The zero-order valence-electron chi connectivity index (χ0n) is 11.7. The lowest BCUT2D eigenvalue weighted by Crippen LogP contribution is -2.15. The Hall–Kier alpha value is 0. The van der Waals surface area contributed by atoms with Crippen LogP contribution in [-0.2, 0) is 0 Å². The molecule has 0 spiro atoms. The summed E-state index contributed by atoms with van der Waals surface area (Å²) >= 11 is 0. The van der Waals surface area contributed by atoms with Crippen LogP contribution in [0.4, 0.5) is 0 Å². The van der Waals surface area contributed by atoms with Gasteiger partial charge in [-0.05, 0) is 17.8 Å². The largest absolute Gasteiger partial charge is 0.0654 e. The van der Waals surface area contributed by atoms with Crippen molar-refractivity contribution in [2.24, 2.45) is 11.3 Å². The van der Waals surface area contributed by atoms with E-state index in [4.69, 9.17) is 0 Å². The fraction of sp³-hybridized carbons (Fsp3) is 1.00. The van der Waals surface area contributed by atoms with Gasteiger partial charge in [0.1, 0.15) is 0 Å². The van der Waals surface area contributed by atoms with E-state index in [9.17, 15) is 0 Å². The fourth-order valence-electron chi connectivity index (χ4n) is 2.24. The molecule has 0 bridgehead atoms. The van der Waals surface area contributed by atoms with E-state index in [2.05, 4.69) is 34.6 Å². The van der Waals surface area contributed by atoms with Crippen LogP contribution >= 0.6 is 0 Å². The molecular weight excluding hydrogens is 180 g/mol. The van der Waals surface area contributed by atoms with Crippen LogP contribution in [0.3, 0.4) is 0 Å². The monoisotopic (exact) mass is 212 g/mol. The van der Waals surface area contributed by atoms with Crippen molar-refractivity contribution in [2.75, 3.05) is 0 Å². The summed E-state index contributed by atoms with van der Waals surface area (Å²) in [5, 5.41) is 0. The molecule has 0 N–H and O–H groups in total. The molecule has 92 valence electrons. The molecule has 0 nitrogen and oxygen atoms in total. The Bertz CT molecular complexity index is 135. The first kappa shape index (κ1) is 15.0. The Kier molecular flexibility index (Phi) is 8.19. The standard InChI is InChI=1S/C15H32/c1-6-9-10-11-12-14(7-2)13-15(4,5)8-3/h14H,6-13H2,1-5H3. The smallest absolute Gasteiger partial charge is 0.0354 e. The molecule has 0 aromatic rings. The van der Waals surface area contributed by atoms with Crippen molar-refractivity contribution < 1.29 is 0 Å². The maximum absolute atomic E-state index is 2.42. The Morgan fingerprint density at radius 3 is 2.07 bits per heavy atom. The van der Waals surface area contributed by atoms with Gasteiger partial charge in [-0.15, -0.1) is 0 Å². The van der Waals surface area contributed by atoms with Gasteiger partial charge in [-0.25, -0.2) is 0 Å². The maximum Gasteiger partial charge on any atom is -0.0354 e. The highest BCUT2D eigenvalue weighted by Crippen LogP contribution is 2.32. The Balaban J connectivity index is 3.72. The van der Waals surface area contributed by atoms with Gasteiger partial charge in [0.2, 0.25) is 0 Å². The zero-order chi connectivity index (χ0) is 11.7. The van der Waals surface area contributed by atoms with Gasteiger partial charge in [0.05, 0.1) is 0 Å². The van der Waals surface area contributed by atoms with Gasteiger partial charge in [-0.3, -0.25) is 0 Å². The van der Waals surface area contributed by atoms with Crippen molar-refractivity contribution in [2.45, 2.75) is 86.0 Å². The van der Waals surface area contributed by atoms with E-state index in [0.717, 1.165) is 5.92 Å². The summed E-state index contributed by atoms with van der Waals surface area (Å²) in [4.78, 5) is 0. The van der Waals surface area contributed by atoms with Crippen molar-refractivity contribution in [3.63, 3.8) is 0 Å². The topological polar surface area (TPSA) is 0 Å². The van der Waals surface area contributed by atoms with E-state index in [0.29, 0.717) is 5.41 Å². The first-order valence-corrected chi connectivity index (χ1v) is 7.05. The average Bonchev–Trinajstić information content (AvgIpc) is 2.22. The second-order valence-electron chi connectivity index (χ2n) is 5.85. The SMILES string of the molecule is CCCCCCC(CC)CC(C)(C)CC. The number of hydrogen-bond donors (Lipinski definition) is 0. The molecule has 0 aromatic heterocycles. The third kappa shape index (κ3) is 7.88. The molecular formula is C15H32. The van der Waals surface area contributed by atoms with Crippen LogP contribution in [0.2, 0.25) is 0 Å². The average molecular weight is 212 g/mol. The summed E-state index contributed by atoms with van der Waals surface area (Å²) < 4.78 is 0. The predicted molar refractivity (Wildman–Crippen MR) is 71.2 cm³/mol. The molecule has 0 aromatic carbocycles. The number of hydrogen-bond acceptors (Lipinski definition) is 0. The minimum atomic E-state index is 0.561. The van der Waals surface area contributed by atoms with E-state index in [1.807, 2.05) is 0 Å². The number of rotatable bonds is 9. The van der Waals surface area contributed by atoms with Crippen molar-refractivity contribution in [3.05, 3.63) is 0 Å². The van der Waals surface area contributed by atoms with Crippen molar-refractivity contribution >= 4 is 0 Å². The van der Waals surface area contributed by atoms with Gasteiger partial charge in [-0.2, -0.15) is 0 Å². The first-order valence-electron chi connectivity index (χ1n) is 7.05. The third-order valence-electron chi connectivity index (χ3n) is 3.84. The lowest BCUT2D eigenvalue weighted by molar-refractivity contribution is 0.239. The van der Waals surface area contributed by atoms with Gasteiger partial charge in [0.25, 0.3) is 0 Å². The van der Waals surface area contributed by atoms with Crippen LogP contribution < -0.4 is 0 Å². The first-order chi connectivity index (χ1) is 7.05. The maximum atomic E-state index is 2.42. The minimum Gasteiger partial charge on any atom is -0.0654 e. The molecule has 0 heterocycles. The summed E-state index contributed by atoms with van der Waals surface area (Å²) in [6.07, 6.45) is 11.2. The van der Waals surface area contributed by atoms with Crippen molar-refractivity contribution in [3.8, 4) is 0 Å². The molecule has 0 aliphatic carbocycles. The van der Waals surface area contributed by atoms with Gasteiger partial charge in [0, 0.05) is 0 Å². The number of unbranched alkanes of at least 4 members (excludes halogenated alkanes) is 3. The highest BCUT2D eigenvalue weighted by Gasteiger charge is 2.19. The van der Waals surface area contributed by atoms with Gasteiger partial charge < -0.3 is 0 Å². The van der Waals surface area contributed by atoms with E-state index < -0.39 is 0 Å². The molecule has 0 saturated carbocycles. The molecule has 0 aliphatic rings. The molecule has 1 atom stereocenters. The highest BCUT2D eigenvalue weighted by atomic mass is 14.3. The summed E-state index contributed by atoms with van der Waals surface area (Å²) in [5.41, 5.74) is 0.561. The second-order valence-corrected chi connectivity index (χ2v) is 5.85. The summed E-state index contributed by atoms with van der Waals surface area (Å²) in [6, 6.07) is 0. The van der Waals surface area contributed by atoms with E-state index >= 15 is 0 Å². The van der Waals surface area contributed by atoms with Gasteiger partial charge >= 0.3 is 0 Å². The molecule has 0 amide bonds. The van der Waals surface area contributed by atoms with E-state index in [1.165, 1.54) is 51.4 Å². The Morgan fingerprint density at radius 1 is 0.933 bits per heavy atom. The fourth-order valence-corrected chi connectivity index (χ4v) is 2.24. The van der Waals surface area contributed by atoms with Crippen molar-refractivity contribution in [1.29, 1.82) is 0 Å².